The second-order valence-corrected chi connectivity index (χ2v) is 6.04. The summed E-state index contributed by atoms with van der Waals surface area (Å²) in [5.74, 6) is 1.26. The van der Waals surface area contributed by atoms with Crippen LogP contribution in [0.15, 0.2) is 46.9 Å². The molecule has 0 atom stereocenters. The lowest BCUT2D eigenvalue weighted by atomic mass is 10.2. The second-order valence-electron chi connectivity index (χ2n) is 5.17. The molecule has 6 heteroatoms. The van der Waals surface area contributed by atoms with Gasteiger partial charge in [-0.3, -0.25) is 0 Å². The van der Waals surface area contributed by atoms with E-state index in [4.69, 9.17) is 27.6 Å². The highest BCUT2D eigenvalue weighted by Gasteiger charge is 2.15. The molecular formula is C17H11Cl2N3O. The number of anilines is 2. The largest absolute Gasteiger partial charge is 0.450 e. The molecule has 4 rings (SSSR count). The van der Waals surface area contributed by atoms with Gasteiger partial charge in [-0.1, -0.05) is 23.2 Å². The predicted octanol–water partition coefficient (Wildman–Crippen LogP) is 5.73. The van der Waals surface area contributed by atoms with Gasteiger partial charge in [-0.15, -0.1) is 0 Å². The van der Waals surface area contributed by atoms with Gasteiger partial charge in [0.25, 0.3) is 0 Å². The Bertz CT molecular complexity index is 1030. The van der Waals surface area contributed by atoms with Crippen LogP contribution in [-0.2, 0) is 0 Å². The first-order valence-electron chi connectivity index (χ1n) is 6.99. The Morgan fingerprint density at radius 3 is 2.48 bits per heavy atom. The first kappa shape index (κ1) is 14.3. The summed E-state index contributed by atoms with van der Waals surface area (Å²) >= 11 is 12.0. The number of aryl methyl sites for hydroxylation is 1. The summed E-state index contributed by atoms with van der Waals surface area (Å²) in [6.45, 7) is 1.84. The van der Waals surface area contributed by atoms with Crippen molar-refractivity contribution in [2.75, 3.05) is 5.32 Å². The molecule has 0 spiro atoms. The normalized spacial score (nSPS) is 11.3. The zero-order valence-corrected chi connectivity index (χ0v) is 13.6. The van der Waals surface area contributed by atoms with E-state index in [2.05, 4.69) is 15.3 Å². The number of hydrogen-bond donors (Lipinski definition) is 1. The molecule has 0 fully saturated rings. The molecule has 0 aliphatic heterocycles. The van der Waals surface area contributed by atoms with Crippen LogP contribution in [0.25, 0.3) is 22.1 Å². The van der Waals surface area contributed by atoms with E-state index in [0.29, 0.717) is 27.3 Å². The van der Waals surface area contributed by atoms with E-state index >= 15 is 0 Å². The Kier molecular flexibility index (Phi) is 3.36. The first-order valence-corrected chi connectivity index (χ1v) is 7.75. The molecule has 0 saturated carbocycles. The topological polar surface area (TPSA) is 51.0 Å². The fourth-order valence-electron chi connectivity index (χ4n) is 2.48. The number of nitrogens with one attached hydrogen (secondary N) is 1. The van der Waals surface area contributed by atoms with E-state index in [1.165, 1.54) is 0 Å². The average Bonchev–Trinajstić information content (AvgIpc) is 2.88. The van der Waals surface area contributed by atoms with Gasteiger partial charge in [0.05, 0.1) is 0 Å². The Hall–Kier alpha value is -2.30. The van der Waals surface area contributed by atoms with Crippen molar-refractivity contribution in [1.82, 2.24) is 9.97 Å². The van der Waals surface area contributed by atoms with Crippen LogP contribution in [0.1, 0.15) is 5.82 Å². The summed E-state index contributed by atoms with van der Waals surface area (Å²) in [4.78, 5) is 8.95. The third kappa shape index (κ3) is 2.60. The number of fused-ring (bicyclic) bond motifs is 3. The minimum absolute atomic E-state index is 0.600. The van der Waals surface area contributed by atoms with E-state index in [-0.39, 0.29) is 0 Å². The lowest BCUT2D eigenvalue weighted by Crippen LogP contribution is -1.97. The molecule has 4 aromatic rings. The van der Waals surface area contributed by atoms with Gasteiger partial charge in [-0.05, 0) is 49.4 Å². The van der Waals surface area contributed by atoms with Crippen molar-refractivity contribution in [3.8, 4) is 0 Å². The molecular weight excluding hydrogens is 333 g/mol. The molecule has 1 N–H and O–H groups in total. The fraction of sp³-hybridized carbons (Fsp3) is 0.0588. The summed E-state index contributed by atoms with van der Waals surface area (Å²) in [5.41, 5.74) is 2.94. The van der Waals surface area contributed by atoms with Gasteiger partial charge in [0, 0.05) is 21.1 Å². The summed E-state index contributed by atoms with van der Waals surface area (Å²) in [6.07, 6.45) is 0. The van der Waals surface area contributed by atoms with E-state index in [0.717, 1.165) is 22.2 Å². The maximum atomic E-state index is 6.09. The van der Waals surface area contributed by atoms with Crippen molar-refractivity contribution in [3.63, 3.8) is 0 Å². The van der Waals surface area contributed by atoms with Gasteiger partial charge >= 0.3 is 0 Å². The first-order chi connectivity index (χ1) is 11.1. The summed E-state index contributed by atoms with van der Waals surface area (Å²) < 4.78 is 5.92. The predicted molar refractivity (Wildman–Crippen MR) is 93.8 cm³/mol. The van der Waals surface area contributed by atoms with Crippen LogP contribution < -0.4 is 5.32 Å². The van der Waals surface area contributed by atoms with Crippen LogP contribution in [-0.4, -0.2) is 9.97 Å². The SMILES string of the molecule is Cc1nc(Nc2ccc(Cl)cc2)c2oc3ccc(Cl)cc3c2n1. The van der Waals surface area contributed by atoms with Crippen LogP contribution >= 0.6 is 23.2 Å². The maximum Gasteiger partial charge on any atom is 0.196 e. The standard InChI is InChI=1S/C17H11Cl2N3O/c1-9-20-15-13-8-11(19)4-7-14(13)23-16(15)17(21-9)22-12-5-2-10(18)3-6-12/h2-8H,1H3,(H,20,21,22). The monoisotopic (exact) mass is 343 g/mol. The third-order valence-corrected chi connectivity index (χ3v) is 3.98. The Balaban J connectivity index is 1.91. The smallest absolute Gasteiger partial charge is 0.196 e. The zero-order chi connectivity index (χ0) is 16.0. The minimum Gasteiger partial charge on any atom is -0.450 e. The Labute approximate surface area is 142 Å². The molecule has 2 aromatic heterocycles. The van der Waals surface area contributed by atoms with Crippen molar-refractivity contribution >= 4 is 56.8 Å². The number of hydrogen-bond acceptors (Lipinski definition) is 4. The molecule has 2 heterocycles. The molecule has 23 heavy (non-hydrogen) atoms. The van der Waals surface area contributed by atoms with Gasteiger partial charge in [-0.25, -0.2) is 9.97 Å². The van der Waals surface area contributed by atoms with Crippen molar-refractivity contribution in [2.24, 2.45) is 0 Å². The molecule has 0 saturated heterocycles. The van der Waals surface area contributed by atoms with Gasteiger partial charge in [-0.2, -0.15) is 0 Å². The highest BCUT2D eigenvalue weighted by molar-refractivity contribution is 6.31. The van der Waals surface area contributed by atoms with Crippen molar-refractivity contribution < 1.29 is 4.42 Å². The van der Waals surface area contributed by atoms with Gasteiger partial charge in [0.2, 0.25) is 0 Å². The number of aromatic nitrogens is 2. The maximum absolute atomic E-state index is 6.09. The van der Waals surface area contributed by atoms with E-state index in [1.54, 1.807) is 6.07 Å². The van der Waals surface area contributed by atoms with Gasteiger partial charge in [0.15, 0.2) is 11.4 Å². The van der Waals surface area contributed by atoms with Gasteiger partial charge < -0.3 is 9.73 Å². The zero-order valence-electron chi connectivity index (χ0n) is 12.1. The van der Waals surface area contributed by atoms with E-state index in [1.807, 2.05) is 43.3 Å². The van der Waals surface area contributed by atoms with Crippen LogP contribution in [0.3, 0.4) is 0 Å². The lowest BCUT2D eigenvalue weighted by molar-refractivity contribution is 0.666. The quantitative estimate of drug-likeness (QED) is 0.504. The van der Waals surface area contributed by atoms with Crippen molar-refractivity contribution in [3.05, 3.63) is 58.3 Å². The van der Waals surface area contributed by atoms with Crippen molar-refractivity contribution in [2.45, 2.75) is 6.92 Å². The van der Waals surface area contributed by atoms with E-state index < -0.39 is 0 Å². The number of nitrogens with zero attached hydrogens (tertiary/aromatic N) is 2. The summed E-state index contributed by atoms with van der Waals surface area (Å²) in [7, 11) is 0. The Morgan fingerprint density at radius 2 is 1.70 bits per heavy atom. The summed E-state index contributed by atoms with van der Waals surface area (Å²) in [6, 6.07) is 12.9. The number of halogens is 2. The third-order valence-electron chi connectivity index (χ3n) is 3.49. The molecule has 0 unspecified atom stereocenters. The second kappa shape index (κ2) is 5.41. The molecule has 0 aliphatic carbocycles. The highest BCUT2D eigenvalue weighted by atomic mass is 35.5. The summed E-state index contributed by atoms with van der Waals surface area (Å²) in [5, 5.41) is 5.45. The number of rotatable bonds is 2. The molecule has 0 amide bonds. The highest BCUT2D eigenvalue weighted by Crippen LogP contribution is 2.34. The Morgan fingerprint density at radius 1 is 0.957 bits per heavy atom. The van der Waals surface area contributed by atoms with E-state index in [9.17, 15) is 0 Å². The molecule has 0 radical (unpaired) electrons. The average molecular weight is 344 g/mol. The molecule has 4 nitrogen and oxygen atoms in total. The fourth-order valence-corrected chi connectivity index (χ4v) is 2.78. The van der Waals surface area contributed by atoms with Gasteiger partial charge in [0.1, 0.15) is 16.9 Å². The molecule has 114 valence electrons. The van der Waals surface area contributed by atoms with Crippen LogP contribution in [0, 0.1) is 6.92 Å². The number of benzene rings is 2. The number of furan rings is 1. The molecule has 2 aromatic carbocycles. The van der Waals surface area contributed by atoms with Crippen LogP contribution in [0.5, 0.6) is 0 Å². The minimum atomic E-state index is 0.600. The van der Waals surface area contributed by atoms with Crippen molar-refractivity contribution in [1.29, 1.82) is 0 Å². The molecule has 0 aliphatic rings. The van der Waals surface area contributed by atoms with Crippen LogP contribution in [0.2, 0.25) is 10.0 Å². The molecule has 0 bridgehead atoms. The van der Waals surface area contributed by atoms with Crippen LogP contribution in [0.4, 0.5) is 11.5 Å². The lowest BCUT2D eigenvalue weighted by Gasteiger charge is -2.06.